The van der Waals surface area contributed by atoms with Gasteiger partial charge in [-0.3, -0.25) is 9.48 Å². The van der Waals surface area contributed by atoms with Crippen molar-refractivity contribution in [3.05, 3.63) is 47.9 Å². The summed E-state index contributed by atoms with van der Waals surface area (Å²) in [5, 5.41) is 11.6. The molecule has 0 aliphatic heterocycles. The fraction of sp³-hybridized carbons (Fsp3) is 0.214. The van der Waals surface area contributed by atoms with Gasteiger partial charge in [0, 0.05) is 30.7 Å². The Morgan fingerprint density at radius 1 is 1.40 bits per heavy atom. The number of nitrogens with one attached hydrogen (secondary N) is 2. The number of hydrogen-bond acceptors (Lipinski definition) is 3. The minimum Gasteiger partial charge on any atom is -0.361 e. The van der Waals surface area contributed by atoms with Crippen molar-refractivity contribution in [3.8, 4) is 0 Å². The van der Waals surface area contributed by atoms with Crippen LogP contribution in [-0.2, 0) is 13.5 Å². The zero-order valence-electron chi connectivity index (χ0n) is 11.1. The molecule has 3 rings (SSSR count). The van der Waals surface area contributed by atoms with E-state index in [0.717, 1.165) is 11.9 Å². The first kappa shape index (κ1) is 12.4. The lowest BCUT2D eigenvalue weighted by molar-refractivity contribution is 0.0949. The molecule has 0 aliphatic rings. The minimum absolute atomic E-state index is 0.196. The molecule has 6 nitrogen and oxygen atoms in total. The van der Waals surface area contributed by atoms with Crippen molar-refractivity contribution in [3.63, 3.8) is 0 Å². The van der Waals surface area contributed by atoms with Crippen LogP contribution in [0.5, 0.6) is 0 Å². The molecule has 0 atom stereocenters. The third-order valence-electron chi connectivity index (χ3n) is 3.19. The molecule has 20 heavy (non-hydrogen) atoms. The van der Waals surface area contributed by atoms with Gasteiger partial charge < -0.3 is 10.3 Å². The average Bonchev–Trinajstić information content (AvgIpc) is 3.06. The monoisotopic (exact) mass is 269 g/mol. The number of aryl methyl sites for hydroxylation is 1. The van der Waals surface area contributed by atoms with E-state index in [1.807, 2.05) is 24.4 Å². The topological polar surface area (TPSA) is 75.6 Å². The zero-order chi connectivity index (χ0) is 13.9. The highest BCUT2D eigenvalue weighted by molar-refractivity contribution is 5.91. The molecule has 2 aromatic heterocycles. The van der Waals surface area contributed by atoms with Gasteiger partial charge in [-0.05, 0) is 18.1 Å². The molecule has 0 unspecified atom stereocenters. The van der Waals surface area contributed by atoms with Crippen molar-refractivity contribution < 1.29 is 4.79 Å². The lowest BCUT2D eigenvalue weighted by Crippen LogP contribution is -2.26. The number of hydrogen-bond donors (Lipinski definition) is 2. The molecule has 2 heterocycles. The lowest BCUT2D eigenvalue weighted by Gasteiger charge is -2.02. The molecule has 0 aliphatic carbocycles. The Morgan fingerprint density at radius 2 is 2.25 bits per heavy atom. The summed E-state index contributed by atoms with van der Waals surface area (Å²) in [5.74, 6) is -0.196. The van der Waals surface area contributed by atoms with E-state index in [1.165, 1.54) is 15.6 Å². The second-order valence-electron chi connectivity index (χ2n) is 4.64. The van der Waals surface area contributed by atoms with Crippen LogP contribution in [0.1, 0.15) is 16.1 Å². The standard InChI is InChI=1S/C14H15N5O/c1-19-9-13(17-18-19)14(20)15-7-6-10-8-16-12-5-3-2-4-11(10)12/h2-5,8-9,16H,6-7H2,1H3,(H,15,20). The van der Waals surface area contributed by atoms with Gasteiger partial charge in [0.15, 0.2) is 5.69 Å². The largest absolute Gasteiger partial charge is 0.361 e. The van der Waals surface area contributed by atoms with E-state index in [2.05, 4.69) is 26.7 Å². The van der Waals surface area contributed by atoms with Gasteiger partial charge in [-0.2, -0.15) is 0 Å². The molecule has 3 aromatic rings. The zero-order valence-corrected chi connectivity index (χ0v) is 11.1. The highest BCUT2D eigenvalue weighted by atomic mass is 16.1. The Kier molecular flexibility index (Phi) is 3.20. The minimum atomic E-state index is -0.196. The lowest BCUT2D eigenvalue weighted by atomic mass is 10.1. The van der Waals surface area contributed by atoms with Gasteiger partial charge >= 0.3 is 0 Å². The van der Waals surface area contributed by atoms with Gasteiger partial charge in [-0.25, -0.2) is 0 Å². The van der Waals surface area contributed by atoms with E-state index in [0.29, 0.717) is 12.2 Å². The Hall–Kier alpha value is -2.63. The highest BCUT2D eigenvalue weighted by Gasteiger charge is 2.09. The first-order valence-corrected chi connectivity index (χ1v) is 6.43. The van der Waals surface area contributed by atoms with Crippen LogP contribution in [0.15, 0.2) is 36.7 Å². The van der Waals surface area contributed by atoms with Crippen LogP contribution in [0.25, 0.3) is 10.9 Å². The molecular weight excluding hydrogens is 254 g/mol. The molecule has 0 fully saturated rings. The summed E-state index contributed by atoms with van der Waals surface area (Å²) in [6.07, 6.45) is 4.36. The number of nitrogens with zero attached hydrogens (tertiary/aromatic N) is 3. The van der Waals surface area contributed by atoms with E-state index in [4.69, 9.17) is 0 Å². The number of carbonyl (C=O) groups excluding carboxylic acids is 1. The van der Waals surface area contributed by atoms with Crippen molar-refractivity contribution in [2.24, 2.45) is 7.05 Å². The Labute approximate surface area is 115 Å². The highest BCUT2D eigenvalue weighted by Crippen LogP contribution is 2.17. The molecule has 0 saturated carbocycles. The number of benzene rings is 1. The van der Waals surface area contributed by atoms with Crippen LogP contribution in [0.4, 0.5) is 0 Å². The number of H-pyrrole nitrogens is 1. The molecule has 2 N–H and O–H groups in total. The van der Waals surface area contributed by atoms with Crippen LogP contribution in [-0.4, -0.2) is 32.4 Å². The van der Waals surface area contributed by atoms with E-state index in [9.17, 15) is 4.79 Å². The van der Waals surface area contributed by atoms with Crippen LogP contribution in [0.2, 0.25) is 0 Å². The molecule has 0 bridgehead atoms. The van der Waals surface area contributed by atoms with E-state index >= 15 is 0 Å². The maximum atomic E-state index is 11.8. The number of rotatable bonds is 4. The average molecular weight is 269 g/mol. The second kappa shape index (κ2) is 5.16. The van der Waals surface area contributed by atoms with Crippen LogP contribution in [0.3, 0.4) is 0 Å². The number of para-hydroxylation sites is 1. The summed E-state index contributed by atoms with van der Waals surface area (Å²) in [4.78, 5) is 15.0. The number of aromatic nitrogens is 4. The smallest absolute Gasteiger partial charge is 0.273 e. The van der Waals surface area contributed by atoms with Gasteiger partial charge in [0.1, 0.15) is 0 Å². The van der Waals surface area contributed by atoms with Gasteiger partial charge in [0.25, 0.3) is 5.91 Å². The van der Waals surface area contributed by atoms with Gasteiger partial charge in [0.05, 0.1) is 6.20 Å². The Balaban J connectivity index is 1.61. The van der Waals surface area contributed by atoms with Crippen molar-refractivity contribution in [2.45, 2.75) is 6.42 Å². The maximum absolute atomic E-state index is 11.8. The first-order chi connectivity index (χ1) is 9.74. The van der Waals surface area contributed by atoms with Crippen molar-refractivity contribution in [2.75, 3.05) is 6.54 Å². The van der Waals surface area contributed by atoms with Gasteiger partial charge in [0.2, 0.25) is 0 Å². The fourth-order valence-corrected chi connectivity index (χ4v) is 2.19. The van der Waals surface area contributed by atoms with Gasteiger partial charge in [-0.1, -0.05) is 23.4 Å². The molecule has 1 aromatic carbocycles. The predicted molar refractivity (Wildman–Crippen MR) is 75.3 cm³/mol. The fourth-order valence-electron chi connectivity index (χ4n) is 2.19. The number of carbonyl (C=O) groups is 1. The Morgan fingerprint density at radius 3 is 3.05 bits per heavy atom. The molecule has 1 amide bonds. The summed E-state index contributed by atoms with van der Waals surface area (Å²) < 4.78 is 1.51. The molecular formula is C14H15N5O. The van der Waals surface area contributed by atoms with Crippen LogP contribution >= 0.6 is 0 Å². The number of fused-ring (bicyclic) bond motifs is 1. The predicted octanol–water partition coefficient (Wildman–Crippen LogP) is 1.27. The van der Waals surface area contributed by atoms with E-state index in [1.54, 1.807) is 13.2 Å². The van der Waals surface area contributed by atoms with Gasteiger partial charge in [-0.15, -0.1) is 5.10 Å². The maximum Gasteiger partial charge on any atom is 0.273 e. The van der Waals surface area contributed by atoms with E-state index in [-0.39, 0.29) is 5.91 Å². The summed E-state index contributed by atoms with van der Waals surface area (Å²) in [6, 6.07) is 8.12. The second-order valence-corrected chi connectivity index (χ2v) is 4.64. The molecule has 0 spiro atoms. The summed E-state index contributed by atoms with van der Waals surface area (Å²) in [6.45, 7) is 0.567. The number of aromatic amines is 1. The molecule has 0 radical (unpaired) electrons. The quantitative estimate of drug-likeness (QED) is 0.749. The van der Waals surface area contributed by atoms with Crippen molar-refractivity contribution >= 4 is 16.8 Å². The molecule has 6 heteroatoms. The van der Waals surface area contributed by atoms with Crippen LogP contribution < -0.4 is 5.32 Å². The van der Waals surface area contributed by atoms with Crippen molar-refractivity contribution in [1.82, 2.24) is 25.3 Å². The summed E-state index contributed by atoms with van der Waals surface area (Å²) in [7, 11) is 1.73. The SMILES string of the molecule is Cn1cc(C(=O)NCCc2c[nH]c3ccccc23)nn1. The third kappa shape index (κ3) is 2.40. The molecule has 0 saturated heterocycles. The van der Waals surface area contributed by atoms with E-state index < -0.39 is 0 Å². The molecule has 102 valence electrons. The third-order valence-corrected chi connectivity index (χ3v) is 3.19. The van der Waals surface area contributed by atoms with Crippen LogP contribution in [0, 0.1) is 0 Å². The Bertz CT molecular complexity index is 743. The number of amides is 1. The summed E-state index contributed by atoms with van der Waals surface area (Å²) >= 11 is 0. The normalized spacial score (nSPS) is 10.8. The van der Waals surface area contributed by atoms with Crippen molar-refractivity contribution in [1.29, 1.82) is 0 Å². The summed E-state index contributed by atoms with van der Waals surface area (Å²) in [5.41, 5.74) is 2.65. The first-order valence-electron chi connectivity index (χ1n) is 6.43.